The lowest BCUT2D eigenvalue weighted by Crippen LogP contribution is -2.26. The summed E-state index contributed by atoms with van der Waals surface area (Å²) in [7, 11) is 0. The van der Waals surface area contributed by atoms with Crippen LogP contribution in [0.15, 0.2) is 52.3 Å². The zero-order valence-corrected chi connectivity index (χ0v) is 10.7. The Bertz CT molecular complexity index is 639. The van der Waals surface area contributed by atoms with Crippen molar-refractivity contribution in [3.8, 4) is 0 Å². The Morgan fingerprint density at radius 2 is 1.83 bits per heavy atom. The normalized spacial score (nSPS) is 12.8. The summed E-state index contributed by atoms with van der Waals surface area (Å²) < 4.78 is 0. The molecule has 0 atom stereocenters. The Hall–Kier alpha value is -1.94. The fourth-order valence-electron chi connectivity index (χ4n) is 2.16. The van der Waals surface area contributed by atoms with E-state index in [-0.39, 0.29) is 5.91 Å². The largest absolute Gasteiger partial charge is 0.397 e. The lowest BCUT2D eigenvalue weighted by molar-refractivity contribution is -0.115. The Kier molecular flexibility index (Phi) is 2.52. The van der Waals surface area contributed by atoms with Gasteiger partial charge in [-0.15, -0.1) is 0 Å². The number of amides is 1. The maximum atomic E-state index is 11.9. The van der Waals surface area contributed by atoms with Crippen molar-refractivity contribution in [1.82, 2.24) is 0 Å². The van der Waals surface area contributed by atoms with Crippen LogP contribution in [-0.4, -0.2) is 5.91 Å². The van der Waals surface area contributed by atoms with Crippen LogP contribution < -0.4 is 10.6 Å². The summed E-state index contributed by atoms with van der Waals surface area (Å²) in [6.07, 6.45) is 0. The summed E-state index contributed by atoms with van der Waals surface area (Å²) in [4.78, 5) is 15.7. The van der Waals surface area contributed by atoms with E-state index in [9.17, 15) is 4.79 Å². The molecule has 18 heavy (non-hydrogen) atoms. The standard InChI is InChI=1S/C14H12N2OS/c1-9(17)16-11-6-2-3-7-12(11)18-13-8-4-5-10(15)14(13)16/h2-8H,15H2,1H3. The molecule has 3 rings (SSSR count). The van der Waals surface area contributed by atoms with E-state index in [4.69, 9.17) is 5.73 Å². The summed E-state index contributed by atoms with van der Waals surface area (Å²) in [5, 5.41) is 0. The molecular weight excluding hydrogens is 244 g/mol. The van der Waals surface area contributed by atoms with Gasteiger partial charge in [0.2, 0.25) is 5.91 Å². The third-order valence-electron chi connectivity index (χ3n) is 2.89. The van der Waals surface area contributed by atoms with E-state index in [0.717, 1.165) is 21.2 Å². The highest BCUT2D eigenvalue weighted by atomic mass is 32.2. The molecule has 0 aliphatic carbocycles. The van der Waals surface area contributed by atoms with Crippen LogP contribution in [-0.2, 0) is 4.79 Å². The number of carbonyl (C=O) groups excluding carboxylic acids is 1. The van der Waals surface area contributed by atoms with Crippen molar-refractivity contribution >= 4 is 34.7 Å². The molecule has 0 aromatic heterocycles. The minimum Gasteiger partial charge on any atom is -0.397 e. The third kappa shape index (κ3) is 1.57. The molecule has 2 aromatic carbocycles. The fraction of sp³-hybridized carbons (Fsp3) is 0.0714. The molecule has 1 aliphatic rings. The summed E-state index contributed by atoms with van der Waals surface area (Å²) in [5.74, 6) is -0.0260. The van der Waals surface area contributed by atoms with Crippen LogP contribution in [0.1, 0.15) is 6.92 Å². The van der Waals surface area contributed by atoms with Crippen LogP contribution in [0.4, 0.5) is 17.1 Å². The zero-order chi connectivity index (χ0) is 12.7. The number of anilines is 3. The van der Waals surface area contributed by atoms with Gasteiger partial charge in [0.15, 0.2) is 0 Å². The minimum absolute atomic E-state index is 0.0260. The van der Waals surface area contributed by atoms with E-state index in [2.05, 4.69) is 0 Å². The summed E-state index contributed by atoms with van der Waals surface area (Å²) >= 11 is 1.64. The van der Waals surface area contributed by atoms with Gasteiger partial charge in [0.05, 0.1) is 17.1 Å². The second-order valence-electron chi connectivity index (χ2n) is 4.12. The van der Waals surface area contributed by atoms with Crippen LogP contribution in [0.25, 0.3) is 0 Å². The van der Waals surface area contributed by atoms with Crippen molar-refractivity contribution in [3.05, 3.63) is 42.5 Å². The molecule has 0 spiro atoms. The molecule has 0 fully saturated rings. The van der Waals surface area contributed by atoms with Crippen molar-refractivity contribution in [2.24, 2.45) is 0 Å². The third-order valence-corrected chi connectivity index (χ3v) is 4.01. The molecule has 2 N–H and O–H groups in total. The molecule has 2 aromatic rings. The molecule has 90 valence electrons. The maximum absolute atomic E-state index is 11.9. The summed E-state index contributed by atoms with van der Waals surface area (Å²) in [6, 6.07) is 13.6. The number of nitrogens with zero attached hydrogens (tertiary/aromatic N) is 1. The zero-order valence-electron chi connectivity index (χ0n) is 9.88. The first kappa shape index (κ1) is 11.2. The van der Waals surface area contributed by atoms with Gasteiger partial charge in [-0.2, -0.15) is 0 Å². The molecule has 1 amide bonds. The Labute approximate surface area is 110 Å². The Balaban J connectivity index is 2.28. The molecule has 0 unspecified atom stereocenters. The topological polar surface area (TPSA) is 46.3 Å². The molecule has 0 saturated heterocycles. The van der Waals surface area contributed by atoms with Crippen LogP contribution in [0.2, 0.25) is 0 Å². The number of hydrogen-bond donors (Lipinski definition) is 1. The first-order valence-corrected chi connectivity index (χ1v) is 6.46. The van der Waals surface area contributed by atoms with Crippen molar-refractivity contribution in [3.63, 3.8) is 0 Å². The number of fused-ring (bicyclic) bond motifs is 2. The van der Waals surface area contributed by atoms with Gasteiger partial charge in [-0.3, -0.25) is 9.69 Å². The van der Waals surface area contributed by atoms with E-state index >= 15 is 0 Å². The van der Waals surface area contributed by atoms with E-state index in [1.807, 2.05) is 42.5 Å². The van der Waals surface area contributed by atoms with Gasteiger partial charge in [0, 0.05) is 16.7 Å². The molecule has 1 heterocycles. The van der Waals surface area contributed by atoms with Gasteiger partial charge in [-0.1, -0.05) is 30.0 Å². The Morgan fingerprint density at radius 1 is 1.11 bits per heavy atom. The van der Waals surface area contributed by atoms with Crippen LogP contribution in [0.5, 0.6) is 0 Å². The summed E-state index contributed by atoms with van der Waals surface area (Å²) in [6.45, 7) is 1.56. The predicted octanol–water partition coefficient (Wildman–Crippen LogP) is 3.42. The van der Waals surface area contributed by atoms with Crippen molar-refractivity contribution in [2.45, 2.75) is 16.7 Å². The van der Waals surface area contributed by atoms with E-state index in [1.54, 1.807) is 23.6 Å². The molecule has 4 heteroatoms. The van der Waals surface area contributed by atoms with E-state index < -0.39 is 0 Å². The van der Waals surface area contributed by atoms with Crippen molar-refractivity contribution < 1.29 is 4.79 Å². The number of carbonyl (C=O) groups is 1. The van der Waals surface area contributed by atoms with E-state index in [0.29, 0.717) is 5.69 Å². The molecule has 0 bridgehead atoms. The molecular formula is C14H12N2OS. The molecule has 0 saturated carbocycles. The number of rotatable bonds is 0. The monoisotopic (exact) mass is 256 g/mol. The second-order valence-corrected chi connectivity index (χ2v) is 5.20. The van der Waals surface area contributed by atoms with Crippen LogP contribution >= 0.6 is 11.8 Å². The number of benzene rings is 2. The second kappa shape index (κ2) is 4.07. The van der Waals surface area contributed by atoms with Crippen molar-refractivity contribution in [2.75, 3.05) is 10.6 Å². The highest BCUT2D eigenvalue weighted by molar-refractivity contribution is 7.99. The maximum Gasteiger partial charge on any atom is 0.228 e. The average Bonchev–Trinajstić information content (AvgIpc) is 2.36. The number of nitrogen functional groups attached to an aromatic ring is 1. The highest BCUT2D eigenvalue weighted by Gasteiger charge is 2.27. The lowest BCUT2D eigenvalue weighted by atomic mass is 10.2. The number of nitrogens with two attached hydrogens (primary N) is 1. The predicted molar refractivity (Wildman–Crippen MR) is 74.2 cm³/mol. The lowest BCUT2D eigenvalue weighted by Gasteiger charge is -2.31. The van der Waals surface area contributed by atoms with Gasteiger partial charge in [-0.25, -0.2) is 0 Å². The van der Waals surface area contributed by atoms with Crippen molar-refractivity contribution in [1.29, 1.82) is 0 Å². The summed E-state index contributed by atoms with van der Waals surface area (Å²) in [5.41, 5.74) is 8.35. The van der Waals surface area contributed by atoms with E-state index in [1.165, 1.54) is 0 Å². The van der Waals surface area contributed by atoms with Gasteiger partial charge in [0.1, 0.15) is 0 Å². The first-order valence-electron chi connectivity index (χ1n) is 5.64. The molecule has 0 radical (unpaired) electrons. The SMILES string of the molecule is CC(=O)N1c2ccccc2Sc2cccc(N)c21. The van der Waals surface area contributed by atoms with Crippen LogP contribution in [0.3, 0.4) is 0 Å². The fourth-order valence-corrected chi connectivity index (χ4v) is 3.25. The highest BCUT2D eigenvalue weighted by Crippen LogP contribution is 2.50. The minimum atomic E-state index is -0.0260. The quantitative estimate of drug-likeness (QED) is 0.735. The van der Waals surface area contributed by atoms with Gasteiger partial charge in [-0.05, 0) is 24.3 Å². The van der Waals surface area contributed by atoms with Crippen LogP contribution in [0, 0.1) is 0 Å². The van der Waals surface area contributed by atoms with Gasteiger partial charge >= 0.3 is 0 Å². The Morgan fingerprint density at radius 3 is 2.61 bits per heavy atom. The smallest absolute Gasteiger partial charge is 0.228 e. The number of hydrogen-bond acceptors (Lipinski definition) is 3. The number of para-hydroxylation sites is 2. The first-order chi connectivity index (χ1) is 8.68. The van der Waals surface area contributed by atoms with Gasteiger partial charge < -0.3 is 5.73 Å². The molecule has 3 nitrogen and oxygen atoms in total. The van der Waals surface area contributed by atoms with Gasteiger partial charge in [0.25, 0.3) is 0 Å². The average molecular weight is 256 g/mol. The molecule has 1 aliphatic heterocycles.